The van der Waals surface area contributed by atoms with Crippen LogP contribution in [0.5, 0.6) is 17.5 Å². The van der Waals surface area contributed by atoms with Crippen LogP contribution in [0.25, 0.3) is 0 Å². The minimum absolute atomic E-state index is 0.0512. The zero-order chi connectivity index (χ0) is 22.3. The number of nitrogens with one attached hydrogen (secondary N) is 2. The molecule has 0 unspecified atom stereocenters. The molecule has 0 saturated heterocycles. The van der Waals surface area contributed by atoms with Gasteiger partial charge in [0.2, 0.25) is 11.8 Å². The first-order chi connectivity index (χ1) is 14.9. The molecule has 0 amide bonds. The number of hydrogen-bond acceptors (Lipinski definition) is 6. The maximum atomic E-state index is 13.3. The van der Waals surface area contributed by atoms with Gasteiger partial charge in [-0.05, 0) is 6.07 Å². The average molecular weight is 422 g/mol. The molecule has 10 nitrogen and oxygen atoms in total. The summed E-state index contributed by atoms with van der Waals surface area (Å²) in [5, 5.41) is 10.9. The van der Waals surface area contributed by atoms with Crippen LogP contribution in [0.3, 0.4) is 0 Å². The molecule has 0 bridgehead atoms. The third-order valence-electron chi connectivity index (χ3n) is 5.04. The Kier molecular flexibility index (Phi) is 4.82. The topological polar surface area (TPSA) is 139 Å². The molecule has 4 rings (SSSR count). The van der Waals surface area contributed by atoms with Crippen molar-refractivity contribution in [2.45, 2.75) is 19.0 Å². The molecule has 1 atom stereocenters. The lowest BCUT2D eigenvalue weighted by atomic mass is 9.85. The highest BCUT2D eigenvalue weighted by molar-refractivity contribution is 5.56. The lowest BCUT2D eigenvalue weighted by Crippen LogP contribution is -2.41. The summed E-state index contributed by atoms with van der Waals surface area (Å²) >= 11 is 0. The maximum absolute atomic E-state index is 13.3. The molecule has 158 valence electrons. The lowest BCUT2D eigenvalue weighted by Gasteiger charge is -2.28. The molecule has 1 aliphatic heterocycles. The summed E-state index contributed by atoms with van der Waals surface area (Å²) in [5.74, 6) is -1.57. The molecular formula is C21H18N4O6. The normalized spacial score (nSPS) is 14.3. The molecular weight excluding hydrogens is 404 g/mol. The summed E-state index contributed by atoms with van der Waals surface area (Å²) in [4.78, 5) is 55.3. The van der Waals surface area contributed by atoms with Crippen molar-refractivity contribution in [1.82, 2.24) is 19.1 Å². The van der Waals surface area contributed by atoms with Gasteiger partial charge in [-0.2, -0.15) is 0 Å². The van der Waals surface area contributed by atoms with E-state index in [0.717, 1.165) is 9.13 Å². The zero-order valence-corrected chi connectivity index (χ0v) is 16.3. The fraction of sp³-hybridized carbons (Fsp3) is 0.143. The van der Waals surface area contributed by atoms with Gasteiger partial charge in [-0.1, -0.05) is 30.4 Å². The fourth-order valence-electron chi connectivity index (χ4n) is 3.71. The van der Waals surface area contributed by atoms with Crippen molar-refractivity contribution in [2.75, 3.05) is 0 Å². The van der Waals surface area contributed by atoms with Gasteiger partial charge in [-0.25, -0.2) is 9.59 Å². The molecule has 1 aliphatic rings. The third kappa shape index (κ3) is 3.05. The summed E-state index contributed by atoms with van der Waals surface area (Å²) in [6.07, 6.45) is 2.76. The van der Waals surface area contributed by atoms with E-state index in [1.54, 1.807) is 24.3 Å². The second kappa shape index (κ2) is 7.48. The van der Waals surface area contributed by atoms with Gasteiger partial charge in [0.25, 0.3) is 11.1 Å². The van der Waals surface area contributed by atoms with Crippen molar-refractivity contribution in [1.29, 1.82) is 0 Å². The highest BCUT2D eigenvalue weighted by Gasteiger charge is 2.37. The second-order valence-corrected chi connectivity index (χ2v) is 6.85. The van der Waals surface area contributed by atoms with E-state index in [9.17, 15) is 24.3 Å². The third-order valence-corrected chi connectivity index (χ3v) is 5.04. The van der Waals surface area contributed by atoms with Gasteiger partial charge >= 0.3 is 11.4 Å². The van der Waals surface area contributed by atoms with Crippen molar-refractivity contribution in [3.8, 4) is 17.5 Å². The quantitative estimate of drug-likeness (QED) is 0.406. The number of H-pyrrole nitrogens is 2. The van der Waals surface area contributed by atoms with E-state index in [0.29, 0.717) is 5.56 Å². The molecule has 1 aromatic carbocycles. The molecule has 31 heavy (non-hydrogen) atoms. The van der Waals surface area contributed by atoms with Crippen molar-refractivity contribution < 1.29 is 9.84 Å². The summed E-state index contributed by atoms with van der Waals surface area (Å²) in [5.41, 5.74) is -2.98. The molecule has 3 N–H and O–H groups in total. The molecule has 2 aromatic heterocycles. The highest BCUT2D eigenvalue weighted by Crippen LogP contribution is 2.45. The van der Waals surface area contributed by atoms with Gasteiger partial charge in [-0.3, -0.25) is 28.7 Å². The van der Waals surface area contributed by atoms with E-state index in [1.165, 1.54) is 12.2 Å². The maximum Gasteiger partial charge on any atom is 0.331 e. The Hall–Kier alpha value is -4.34. The van der Waals surface area contributed by atoms with Crippen LogP contribution >= 0.6 is 0 Å². The van der Waals surface area contributed by atoms with E-state index in [-0.39, 0.29) is 35.8 Å². The highest BCUT2D eigenvalue weighted by atomic mass is 16.5. The number of hydrogen-bond donors (Lipinski definition) is 3. The van der Waals surface area contributed by atoms with Gasteiger partial charge in [0.1, 0.15) is 5.75 Å². The molecule has 3 aromatic rings. The zero-order valence-electron chi connectivity index (χ0n) is 16.3. The van der Waals surface area contributed by atoms with Gasteiger partial charge < -0.3 is 9.84 Å². The number of para-hydroxylation sites is 1. The average Bonchev–Trinajstić information content (AvgIpc) is 2.73. The van der Waals surface area contributed by atoms with Gasteiger partial charge in [0.05, 0.1) is 17.0 Å². The van der Waals surface area contributed by atoms with Crippen LogP contribution in [0, 0.1) is 0 Å². The Bertz CT molecular complexity index is 1450. The van der Waals surface area contributed by atoms with Crippen LogP contribution in [-0.2, 0) is 13.1 Å². The smallest absolute Gasteiger partial charge is 0.331 e. The first kappa shape index (κ1) is 20.0. The summed E-state index contributed by atoms with van der Waals surface area (Å²) in [6.45, 7) is 6.95. The lowest BCUT2D eigenvalue weighted by molar-refractivity contribution is 0.392. The molecule has 0 radical (unpaired) electrons. The minimum Gasteiger partial charge on any atom is -0.494 e. The van der Waals surface area contributed by atoms with Crippen LogP contribution in [0.2, 0.25) is 0 Å². The number of benzene rings is 1. The van der Waals surface area contributed by atoms with Crippen LogP contribution in [0.1, 0.15) is 22.6 Å². The number of rotatable bonds is 5. The summed E-state index contributed by atoms with van der Waals surface area (Å²) in [7, 11) is 0. The van der Waals surface area contributed by atoms with Crippen molar-refractivity contribution in [2.24, 2.45) is 0 Å². The van der Waals surface area contributed by atoms with Crippen molar-refractivity contribution in [3.63, 3.8) is 0 Å². The minimum atomic E-state index is -1.11. The Morgan fingerprint density at radius 2 is 1.61 bits per heavy atom. The molecule has 0 saturated carbocycles. The van der Waals surface area contributed by atoms with Gasteiger partial charge in [0.15, 0.2) is 0 Å². The monoisotopic (exact) mass is 422 g/mol. The standard InChI is InChI=1S/C21H18N4O6/c1-3-9-24-18(27)14(16(26)22-20(24)29)13-11-7-5-6-8-12(11)31-17-15(13)19(28)25(10-4-2)21(30)23-17/h3-8,13,27H,1-2,9-10H2,(H,23,30)(H,22,26,29)/t13-/m1/s1. The second-order valence-electron chi connectivity index (χ2n) is 6.85. The van der Waals surface area contributed by atoms with Crippen LogP contribution in [0.4, 0.5) is 0 Å². The number of nitrogens with zero attached hydrogens (tertiary/aromatic N) is 2. The Morgan fingerprint density at radius 3 is 2.32 bits per heavy atom. The van der Waals surface area contributed by atoms with Crippen LogP contribution in [-0.4, -0.2) is 24.2 Å². The molecule has 3 heterocycles. The predicted molar refractivity (Wildman–Crippen MR) is 112 cm³/mol. The largest absolute Gasteiger partial charge is 0.494 e. The Labute approximate surface area is 174 Å². The van der Waals surface area contributed by atoms with Crippen LogP contribution in [0.15, 0.2) is 68.8 Å². The van der Waals surface area contributed by atoms with Gasteiger partial charge in [0, 0.05) is 18.7 Å². The van der Waals surface area contributed by atoms with E-state index >= 15 is 0 Å². The first-order valence-corrected chi connectivity index (χ1v) is 9.30. The van der Waals surface area contributed by atoms with E-state index in [2.05, 4.69) is 23.1 Å². The molecule has 0 fully saturated rings. The molecule has 0 aliphatic carbocycles. The van der Waals surface area contributed by atoms with Crippen molar-refractivity contribution >= 4 is 0 Å². The predicted octanol–water partition coefficient (Wildman–Crippen LogP) is 0.750. The fourth-order valence-corrected chi connectivity index (χ4v) is 3.71. The SMILES string of the molecule is C=CCn1c(O)c([C@H]2c3ccccc3Oc3[nH]c(=O)n(CC=C)c(=O)c32)c(=O)[nH]c1=O. The molecule has 10 heteroatoms. The number of fused-ring (bicyclic) bond motifs is 2. The van der Waals surface area contributed by atoms with E-state index in [4.69, 9.17) is 4.74 Å². The molecule has 0 spiro atoms. The number of aromatic hydroxyl groups is 1. The van der Waals surface area contributed by atoms with E-state index < -0.39 is 34.3 Å². The Balaban J connectivity index is 2.14. The number of allylic oxidation sites excluding steroid dienone is 2. The number of aromatic amines is 2. The van der Waals surface area contributed by atoms with Gasteiger partial charge in [-0.15, -0.1) is 13.2 Å². The Morgan fingerprint density at radius 1 is 0.968 bits per heavy atom. The summed E-state index contributed by atoms with van der Waals surface area (Å²) in [6, 6.07) is 6.59. The number of ether oxygens (including phenoxy) is 1. The van der Waals surface area contributed by atoms with E-state index in [1.807, 2.05) is 0 Å². The van der Waals surface area contributed by atoms with Crippen LogP contribution < -0.4 is 27.2 Å². The summed E-state index contributed by atoms with van der Waals surface area (Å²) < 4.78 is 7.56. The van der Waals surface area contributed by atoms with Crippen molar-refractivity contribution in [3.05, 3.63) is 108 Å². The first-order valence-electron chi connectivity index (χ1n) is 9.30. The number of aromatic nitrogens is 4.